The van der Waals surface area contributed by atoms with E-state index in [0.29, 0.717) is 28.2 Å². The van der Waals surface area contributed by atoms with Gasteiger partial charge in [-0.05, 0) is 48.0 Å². The van der Waals surface area contributed by atoms with Gasteiger partial charge in [-0.2, -0.15) is 0 Å². The molecule has 1 N–H and O–H groups in total. The third kappa shape index (κ3) is 4.77. The van der Waals surface area contributed by atoms with Crippen molar-refractivity contribution in [3.63, 3.8) is 0 Å². The molecule has 1 amide bonds. The minimum Gasteiger partial charge on any atom is -0.497 e. The number of rotatable bonds is 6. The first-order valence-electron chi connectivity index (χ1n) is 9.38. The van der Waals surface area contributed by atoms with Crippen LogP contribution in [0.2, 0.25) is 0 Å². The average Bonchev–Trinajstić information content (AvgIpc) is 3.10. The summed E-state index contributed by atoms with van der Waals surface area (Å²) in [5.74, 6) is 0.508. The zero-order valence-corrected chi connectivity index (χ0v) is 17.3. The minimum absolute atomic E-state index is 0.145. The summed E-state index contributed by atoms with van der Waals surface area (Å²) in [6, 6.07) is 13.0. The Hall–Kier alpha value is -3.59. The van der Waals surface area contributed by atoms with Crippen LogP contribution in [0.25, 0.3) is 22.1 Å². The Bertz CT molecular complexity index is 1320. The molecule has 31 heavy (non-hydrogen) atoms. The highest BCUT2D eigenvalue weighted by molar-refractivity contribution is 7.94. The lowest BCUT2D eigenvalue weighted by Crippen LogP contribution is -2.38. The Morgan fingerprint density at radius 2 is 1.87 bits per heavy atom. The molecule has 0 saturated carbocycles. The first-order chi connectivity index (χ1) is 14.8. The Balaban J connectivity index is 1.43. The van der Waals surface area contributed by atoms with Gasteiger partial charge in [-0.25, -0.2) is 13.2 Å². The van der Waals surface area contributed by atoms with E-state index in [1.165, 1.54) is 6.08 Å². The van der Waals surface area contributed by atoms with Gasteiger partial charge in [0.2, 0.25) is 0 Å². The van der Waals surface area contributed by atoms with Gasteiger partial charge in [0, 0.05) is 10.8 Å². The Kier molecular flexibility index (Phi) is 5.51. The summed E-state index contributed by atoms with van der Waals surface area (Å²) < 4.78 is 38.8. The second-order valence-corrected chi connectivity index (χ2v) is 8.93. The molecule has 0 fully saturated rings. The van der Waals surface area contributed by atoms with Crippen LogP contribution in [0, 0.1) is 0 Å². The number of fused-ring (bicyclic) bond motifs is 1. The summed E-state index contributed by atoms with van der Waals surface area (Å²) in [5.41, 5.74) is 1.02. The summed E-state index contributed by atoms with van der Waals surface area (Å²) in [5, 5.41) is 4.41. The maximum atomic E-state index is 12.4. The summed E-state index contributed by atoms with van der Waals surface area (Å²) in [4.78, 5) is 24.3. The van der Waals surface area contributed by atoms with Crippen LogP contribution in [-0.2, 0) is 14.6 Å². The van der Waals surface area contributed by atoms with Crippen molar-refractivity contribution in [2.24, 2.45) is 0 Å². The summed E-state index contributed by atoms with van der Waals surface area (Å²) in [6.07, 6.45) is 1.44. The van der Waals surface area contributed by atoms with E-state index in [2.05, 4.69) is 5.32 Å². The lowest BCUT2D eigenvalue weighted by atomic mass is 10.1. The quantitative estimate of drug-likeness (QED) is 0.584. The lowest BCUT2D eigenvalue weighted by molar-refractivity contribution is -0.123. The SMILES string of the molecule is COc1ccc2oc(=O)c(-c3ccc(OCC(=O)NC4C=CS(=O)(=O)C4)cc3)cc2c1. The molecule has 0 bridgehead atoms. The van der Waals surface area contributed by atoms with Gasteiger partial charge in [0.1, 0.15) is 17.1 Å². The maximum absolute atomic E-state index is 12.4. The van der Waals surface area contributed by atoms with Gasteiger partial charge >= 0.3 is 5.63 Å². The Labute approximate surface area is 178 Å². The van der Waals surface area contributed by atoms with Gasteiger partial charge in [0.25, 0.3) is 5.91 Å². The number of ether oxygens (including phenoxy) is 2. The van der Waals surface area contributed by atoms with Crippen molar-refractivity contribution >= 4 is 26.7 Å². The van der Waals surface area contributed by atoms with Gasteiger partial charge in [0.05, 0.1) is 24.5 Å². The number of sulfone groups is 1. The lowest BCUT2D eigenvalue weighted by Gasteiger charge is -2.11. The van der Waals surface area contributed by atoms with Crippen LogP contribution in [-0.4, -0.2) is 39.8 Å². The Morgan fingerprint density at radius 3 is 2.55 bits per heavy atom. The molecule has 0 radical (unpaired) electrons. The number of benzene rings is 2. The molecular weight excluding hydrogens is 422 g/mol. The number of hydrogen-bond donors (Lipinski definition) is 1. The maximum Gasteiger partial charge on any atom is 0.344 e. The zero-order valence-electron chi connectivity index (χ0n) is 16.5. The van der Waals surface area contributed by atoms with E-state index in [4.69, 9.17) is 13.9 Å². The number of hydrogen-bond acceptors (Lipinski definition) is 7. The normalized spacial score (nSPS) is 16.9. The zero-order chi connectivity index (χ0) is 22.0. The predicted octanol–water partition coefficient (Wildman–Crippen LogP) is 2.27. The molecule has 0 aliphatic carbocycles. The van der Waals surface area contributed by atoms with Gasteiger partial charge < -0.3 is 19.2 Å². The van der Waals surface area contributed by atoms with Gasteiger partial charge in [-0.1, -0.05) is 12.1 Å². The van der Waals surface area contributed by atoms with Crippen molar-refractivity contribution < 1.29 is 27.1 Å². The van der Waals surface area contributed by atoms with Crippen LogP contribution < -0.4 is 20.4 Å². The molecule has 1 unspecified atom stereocenters. The standard InChI is InChI=1S/C22H19NO7S/c1-28-18-6-7-20-15(10-18)11-19(22(25)30-20)14-2-4-17(5-3-14)29-12-21(24)23-16-8-9-31(26,27)13-16/h2-11,16H,12-13H2,1H3,(H,23,24). The second-order valence-electron chi connectivity index (χ2n) is 7.00. The summed E-state index contributed by atoms with van der Waals surface area (Å²) >= 11 is 0. The Morgan fingerprint density at radius 1 is 1.13 bits per heavy atom. The molecule has 9 heteroatoms. The van der Waals surface area contributed by atoms with Gasteiger partial charge in [-0.3, -0.25) is 4.79 Å². The van der Waals surface area contributed by atoms with Crippen molar-refractivity contribution in [1.82, 2.24) is 5.32 Å². The summed E-state index contributed by atoms with van der Waals surface area (Å²) in [6.45, 7) is -0.262. The molecule has 1 aromatic heterocycles. The van der Waals surface area contributed by atoms with Crippen molar-refractivity contribution in [1.29, 1.82) is 0 Å². The minimum atomic E-state index is -3.24. The van der Waals surface area contributed by atoms with E-state index in [-0.39, 0.29) is 12.4 Å². The average molecular weight is 441 g/mol. The molecule has 160 valence electrons. The smallest absolute Gasteiger partial charge is 0.344 e. The predicted molar refractivity (Wildman–Crippen MR) is 115 cm³/mol. The first-order valence-corrected chi connectivity index (χ1v) is 11.1. The van der Waals surface area contributed by atoms with E-state index in [1.807, 2.05) is 0 Å². The molecule has 2 aromatic carbocycles. The van der Waals surface area contributed by atoms with E-state index >= 15 is 0 Å². The summed E-state index contributed by atoms with van der Waals surface area (Å²) in [7, 11) is -1.67. The molecule has 0 spiro atoms. The number of amides is 1. The van der Waals surface area contributed by atoms with Crippen LogP contribution in [0.4, 0.5) is 0 Å². The van der Waals surface area contributed by atoms with Crippen molar-refractivity contribution in [2.75, 3.05) is 19.5 Å². The van der Waals surface area contributed by atoms with Gasteiger partial charge in [0.15, 0.2) is 16.4 Å². The van der Waals surface area contributed by atoms with E-state index in [0.717, 1.165) is 10.8 Å². The fourth-order valence-electron chi connectivity index (χ4n) is 3.22. The molecule has 1 aliphatic rings. The molecule has 4 rings (SSSR count). The molecule has 1 atom stereocenters. The highest BCUT2D eigenvalue weighted by Crippen LogP contribution is 2.25. The highest BCUT2D eigenvalue weighted by atomic mass is 32.2. The third-order valence-corrected chi connectivity index (χ3v) is 6.15. The molecular formula is C22H19NO7S. The van der Waals surface area contributed by atoms with E-state index < -0.39 is 27.4 Å². The molecule has 1 aliphatic heterocycles. The van der Waals surface area contributed by atoms with Crippen LogP contribution in [0.3, 0.4) is 0 Å². The first kappa shape index (κ1) is 20.7. The van der Waals surface area contributed by atoms with Crippen LogP contribution in [0.1, 0.15) is 0 Å². The molecule has 0 saturated heterocycles. The highest BCUT2D eigenvalue weighted by Gasteiger charge is 2.23. The topological polar surface area (TPSA) is 112 Å². The monoisotopic (exact) mass is 441 g/mol. The van der Waals surface area contributed by atoms with E-state index in [9.17, 15) is 18.0 Å². The number of carbonyl (C=O) groups is 1. The fourth-order valence-corrected chi connectivity index (χ4v) is 4.46. The number of nitrogens with one attached hydrogen (secondary N) is 1. The molecule has 2 heterocycles. The third-order valence-electron chi connectivity index (χ3n) is 4.75. The second kappa shape index (κ2) is 8.27. The van der Waals surface area contributed by atoms with Crippen molar-refractivity contribution in [3.8, 4) is 22.6 Å². The molecule has 8 nitrogen and oxygen atoms in total. The van der Waals surface area contributed by atoms with E-state index in [1.54, 1.807) is 55.6 Å². The number of carbonyl (C=O) groups excluding carboxylic acids is 1. The number of methoxy groups -OCH3 is 1. The van der Waals surface area contributed by atoms with Crippen molar-refractivity contribution in [2.45, 2.75) is 6.04 Å². The molecule has 3 aromatic rings. The van der Waals surface area contributed by atoms with Crippen molar-refractivity contribution in [3.05, 3.63) is 70.4 Å². The van der Waals surface area contributed by atoms with Crippen LogP contribution in [0.5, 0.6) is 11.5 Å². The largest absolute Gasteiger partial charge is 0.497 e. The van der Waals surface area contributed by atoms with Crippen LogP contribution in [0.15, 0.2) is 69.2 Å². The fraction of sp³-hybridized carbons (Fsp3) is 0.182. The van der Waals surface area contributed by atoms with Gasteiger partial charge in [-0.15, -0.1) is 0 Å². The van der Waals surface area contributed by atoms with Crippen LogP contribution >= 0.6 is 0 Å².